The van der Waals surface area contributed by atoms with Crippen molar-refractivity contribution in [1.29, 1.82) is 0 Å². The minimum Gasteiger partial charge on any atom is -0.496 e. The fourth-order valence-corrected chi connectivity index (χ4v) is 4.68. The first-order valence-electron chi connectivity index (χ1n) is 9.44. The van der Waals surface area contributed by atoms with E-state index in [2.05, 4.69) is 4.72 Å². The number of rotatable bonds is 8. The summed E-state index contributed by atoms with van der Waals surface area (Å²) in [6.07, 6.45) is 0. The highest BCUT2D eigenvalue weighted by Gasteiger charge is 2.30. The van der Waals surface area contributed by atoms with Crippen LogP contribution in [0.2, 0.25) is 5.02 Å². The number of methoxy groups -OCH3 is 3. The molecule has 0 aromatic heterocycles. The minimum atomic E-state index is -3.91. The van der Waals surface area contributed by atoms with Crippen molar-refractivity contribution in [2.75, 3.05) is 21.3 Å². The molecule has 0 bridgehead atoms. The summed E-state index contributed by atoms with van der Waals surface area (Å²) >= 11 is 6.47. The van der Waals surface area contributed by atoms with Crippen LogP contribution < -0.4 is 18.9 Å². The molecule has 3 aromatic carbocycles. The third-order valence-corrected chi connectivity index (χ3v) is 6.65. The summed E-state index contributed by atoms with van der Waals surface area (Å²) in [5, 5.41) is 0.402. The molecule has 8 heteroatoms. The van der Waals surface area contributed by atoms with Crippen LogP contribution in [0.3, 0.4) is 0 Å². The fraction of sp³-hybridized carbons (Fsp3) is 0.217. The number of ether oxygens (including phenoxy) is 3. The van der Waals surface area contributed by atoms with Crippen LogP contribution in [0.1, 0.15) is 22.7 Å². The standard InChI is InChI=1S/C23H24ClNO5S/c1-15-9-11-17(12-10-15)31(26,27)25-23(18-7-5-6-8-19(18)24)22-20(29-3)13-16(28-2)14-21(22)30-4/h5-14,23,25H,1-4H3. The highest BCUT2D eigenvalue weighted by Crippen LogP contribution is 2.42. The third kappa shape index (κ3) is 4.95. The molecule has 0 spiro atoms. The van der Waals surface area contributed by atoms with Crippen LogP contribution in [-0.2, 0) is 10.0 Å². The van der Waals surface area contributed by atoms with Crippen LogP contribution in [0.15, 0.2) is 65.6 Å². The van der Waals surface area contributed by atoms with Crippen molar-refractivity contribution in [2.45, 2.75) is 17.9 Å². The largest absolute Gasteiger partial charge is 0.496 e. The molecule has 3 rings (SSSR count). The summed E-state index contributed by atoms with van der Waals surface area (Å²) in [5.41, 5.74) is 2.00. The van der Waals surface area contributed by atoms with E-state index in [0.717, 1.165) is 5.56 Å². The lowest BCUT2D eigenvalue weighted by molar-refractivity contribution is 0.365. The van der Waals surface area contributed by atoms with Crippen LogP contribution in [0.5, 0.6) is 17.2 Å². The van der Waals surface area contributed by atoms with Gasteiger partial charge >= 0.3 is 0 Å². The maximum Gasteiger partial charge on any atom is 0.241 e. The zero-order chi connectivity index (χ0) is 22.6. The van der Waals surface area contributed by atoms with Gasteiger partial charge in [0, 0.05) is 17.2 Å². The number of benzene rings is 3. The zero-order valence-electron chi connectivity index (χ0n) is 17.7. The summed E-state index contributed by atoms with van der Waals surface area (Å²) in [4.78, 5) is 0.140. The van der Waals surface area contributed by atoms with Gasteiger partial charge in [0.05, 0.1) is 37.8 Å². The van der Waals surface area contributed by atoms with Crippen LogP contribution in [0.25, 0.3) is 0 Å². The van der Waals surface area contributed by atoms with E-state index in [1.807, 2.05) is 6.92 Å². The Hall–Kier alpha value is -2.74. The number of sulfonamides is 1. The summed E-state index contributed by atoms with van der Waals surface area (Å²) in [5.74, 6) is 1.30. The molecule has 1 N–H and O–H groups in total. The van der Waals surface area contributed by atoms with Crippen molar-refractivity contribution in [3.63, 3.8) is 0 Å². The molecular weight excluding hydrogens is 438 g/mol. The van der Waals surface area contributed by atoms with E-state index in [9.17, 15) is 8.42 Å². The van der Waals surface area contributed by atoms with Crippen LogP contribution >= 0.6 is 11.6 Å². The number of hydrogen-bond donors (Lipinski definition) is 1. The average molecular weight is 462 g/mol. The van der Waals surface area contributed by atoms with Crippen molar-refractivity contribution in [2.24, 2.45) is 0 Å². The highest BCUT2D eigenvalue weighted by molar-refractivity contribution is 7.89. The quantitative estimate of drug-likeness (QED) is 0.524. The Morgan fingerprint density at radius 3 is 1.97 bits per heavy atom. The first-order valence-corrected chi connectivity index (χ1v) is 11.3. The van der Waals surface area contributed by atoms with Crippen LogP contribution in [-0.4, -0.2) is 29.7 Å². The molecular formula is C23H24ClNO5S. The maximum absolute atomic E-state index is 13.3. The van der Waals surface area contributed by atoms with Gasteiger partial charge in [-0.25, -0.2) is 8.42 Å². The molecule has 3 aromatic rings. The molecule has 0 saturated carbocycles. The summed E-state index contributed by atoms with van der Waals surface area (Å²) < 4.78 is 45.8. The third-order valence-electron chi connectivity index (χ3n) is 4.86. The van der Waals surface area contributed by atoms with Gasteiger partial charge < -0.3 is 14.2 Å². The summed E-state index contributed by atoms with van der Waals surface area (Å²) in [6, 6.07) is 16.1. The second kappa shape index (κ2) is 9.60. The van der Waals surface area contributed by atoms with Gasteiger partial charge in [-0.15, -0.1) is 0 Å². The van der Waals surface area contributed by atoms with Crippen LogP contribution in [0, 0.1) is 6.92 Å². The van der Waals surface area contributed by atoms with E-state index >= 15 is 0 Å². The average Bonchev–Trinajstić information content (AvgIpc) is 2.77. The predicted molar refractivity (Wildman–Crippen MR) is 121 cm³/mol. The molecule has 31 heavy (non-hydrogen) atoms. The van der Waals surface area contributed by atoms with E-state index in [4.69, 9.17) is 25.8 Å². The molecule has 0 radical (unpaired) electrons. The first kappa shape index (κ1) is 22.9. The van der Waals surface area contributed by atoms with Gasteiger partial charge in [-0.2, -0.15) is 4.72 Å². The molecule has 0 aliphatic carbocycles. The van der Waals surface area contributed by atoms with E-state index in [0.29, 0.717) is 33.4 Å². The molecule has 1 atom stereocenters. The Bertz CT molecular complexity index is 1140. The number of halogens is 1. The lowest BCUT2D eigenvalue weighted by Gasteiger charge is -2.25. The number of nitrogens with one attached hydrogen (secondary N) is 1. The van der Waals surface area contributed by atoms with E-state index in [-0.39, 0.29) is 4.90 Å². The van der Waals surface area contributed by atoms with Crippen molar-refractivity contribution in [1.82, 2.24) is 4.72 Å². The van der Waals surface area contributed by atoms with Crippen molar-refractivity contribution >= 4 is 21.6 Å². The smallest absolute Gasteiger partial charge is 0.241 e. The maximum atomic E-state index is 13.3. The van der Waals surface area contributed by atoms with Gasteiger partial charge in [0.2, 0.25) is 10.0 Å². The molecule has 0 heterocycles. The number of aryl methyl sites for hydroxylation is 1. The highest BCUT2D eigenvalue weighted by atomic mass is 35.5. The van der Waals surface area contributed by atoms with E-state index in [1.54, 1.807) is 60.7 Å². The molecule has 6 nitrogen and oxygen atoms in total. The van der Waals surface area contributed by atoms with Crippen molar-refractivity contribution < 1.29 is 22.6 Å². The van der Waals surface area contributed by atoms with Crippen molar-refractivity contribution in [3.05, 3.63) is 82.4 Å². The SMILES string of the molecule is COc1cc(OC)c(C(NS(=O)(=O)c2ccc(C)cc2)c2ccccc2Cl)c(OC)c1. The Balaban J connectivity index is 2.22. The second-order valence-electron chi connectivity index (χ2n) is 6.83. The monoisotopic (exact) mass is 461 g/mol. The molecule has 0 saturated heterocycles. The van der Waals surface area contributed by atoms with E-state index < -0.39 is 16.1 Å². The van der Waals surface area contributed by atoms with Gasteiger partial charge in [-0.1, -0.05) is 47.5 Å². The Labute approximate surface area is 187 Å². The lowest BCUT2D eigenvalue weighted by atomic mass is 9.97. The lowest BCUT2D eigenvalue weighted by Crippen LogP contribution is -2.30. The Morgan fingerprint density at radius 1 is 0.871 bits per heavy atom. The molecule has 0 fully saturated rings. The summed E-state index contributed by atoms with van der Waals surface area (Å²) in [7, 11) is 0.613. The second-order valence-corrected chi connectivity index (χ2v) is 8.96. The fourth-order valence-electron chi connectivity index (χ4n) is 3.24. The first-order chi connectivity index (χ1) is 14.8. The van der Waals surface area contributed by atoms with Gasteiger partial charge in [0.25, 0.3) is 0 Å². The van der Waals surface area contributed by atoms with Gasteiger partial charge in [0.1, 0.15) is 17.2 Å². The zero-order valence-corrected chi connectivity index (χ0v) is 19.3. The predicted octanol–water partition coefficient (Wildman–Crippen LogP) is 4.74. The van der Waals surface area contributed by atoms with E-state index in [1.165, 1.54) is 21.3 Å². The molecule has 0 aliphatic heterocycles. The van der Waals surface area contributed by atoms with Crippen LogP contribution in [0.4, 0.5) is 0 Å². The molecule has 1 unspecified atom stereocenters. The number of hydrogen-bond acceptors (Lipinski definition) is 5. The topological polar surface area (TPSA) is 73.9 Å². The summed E-state index contributed by atoms with van der Waals surface area (Å²) in [6.45, 7) is 1.89. The Kier molecular flexibility index (Phi) is 7.10. The molecule has 0 amide bonds. The molecule has 164 valence electrons. The normalized spacial score (nSPS) is 12.3. The minimum absolute atomic E-state index is 0.140. The van der Waals surface area contributed by atoms with Gasteiger partial charge in [0.15, 0.2) is 0 Å². The van der Waals surface area contributed by atoms with Crippen molar-refractivity contribution in [3.8, 4) is 17.2 Å². The van der Waals surface area contributed by atoms with Gasteiger partial charge in [-0.3, -0.25) is 0 Å². The van der Waals surface area contributed by atoms with Gasteiger partial charge in [-0.05, 0) is 30.7 Å². The molecule has 0 aliphatic rings. The Morgan fingerprint density at radius 2 is 1.45 bits per heavy atom.